The third-order valence-electron chi connectivity index (χ3n) is 2.34. The molecule has 1 aromatic heterocycles. The minimum Gasteiger partial charge on any atom is -0.289 e. The Bertz CT molecular complexity index is 535. The van der Waals surface area contributed by atoms with Crippen LogP contribution >= 0.6 is 0 Å². The molecule has 0 amide bonds. The second kappa shape index (κ2) is 6.80. The van der Waals surface area contributed by atoms with E-state index >= 15 is 0 Å². The average molecular weight is 252 g/mol. The van der Waals surface area contributed by atoms with Crippen molar-refractivity contribution in [2.24, 2.45) is 0 Å². The molecule has 1 heterocycles. The fraction of sp³-hybridized carbons (Fsp3) is 0. The van der Waals surface area contributed by atoms with E-state index in [1.165, 1.54) is 6.33 Å². The zero-order chi connectivity index (χ0) is 13.3. The van der Waals surface area contributed by atoms with Crippen LogP contribution in [-0.2, 0) is 0 Å². The first-order chi connectivity index (χ1) is 9.38. The summed E-state index contributed by atoms with van der Waals surface area (Å²) in [5, 5.41) is 12.1. The highest BCUT2D eigenvalue weighted by Crippen LogP contribution is 2.08. The molecule has 1 N–H and O–H groups in total. The average Bonchev–Trinajstić information content (AvgIpc) is 3.08. The second-order valence-corrected chi connectivity index (χ2v) is 3.62. The zero-order valence-electron chi connectivity index (χ0n) is 10.1. The number of tetrazole rings is 1. The van der Waals surface area contributed by atoms with Crippen molar-refractivity contribution in [2.75, 3.05) is 0 Å². The van der Waals surface area contributed by atoms with Crippen molar-refractivity contribution in [3.8, 4) is 0 Å². The smallest absolute Gasteiger partial charge is 0.193 e. The Hall–Kier alpha value is -2.82. The number of nitrogens with one attached hydrogen (secondary N) is 1. The number of aromatic amines is 1. The summed E-state index contributed by atoms with van der Waals surface area (Å²) in [5.41, 5.74) is 1.47. The minimum atomic E-state index is 0.0752. The maximum Gasteiger partial charge on any atom is 0.193 e. The molecule has 0 bridgehead atoms. The number of H-pyrrole nitrogens is 1. The summed E-state index contributed by atoms with van der Waals surface area (Å²) in [5.74, 6) is 0.0752. The van der Waals surface area contributed by atoms with Crippen molar-refractivity contribution in [3.63, 3.8) is 0 Å². The molecule has 3 aromatic rings. The molecule has 0 fully saturated rings. The van der Waals surface area contributed by atoms with Gasteiger partial charge in [-0.25, -0.2) is 5.10 Å². The van der Waals surface area contributed by atoms with Crippen LogP contribution in [0.5, 0.6) is 0 Å². The van der Waals surface area contributed by atoms with Crippen LogP contribution in [0.3, 0.4) is 0 Å². The molecule has 0 aliphatic heterocycles. The van der Waals surface area contributed by atoms with Crippen molar-refractivity contribution < 1.29 is 4.79 Å². The van der Waals surface area contributed by atoms with Crippen LogP contribution in [0, 0.1) is 0 Å². The van der Waals surface area contributed by atoms with Gasteiger partial charge in [-0.2, -0.15) is 0 Å². The number of hydrogen-bond acceptors (Lipinski definition) is 4. The summed E-state index contributed by atoms with van der Waals surface area (Å²) in [6, 6.07) is 18.6. The van der Waals surface area contributed by atoms with Crippen molar-refractivity contribution in [1.29, 1.82) is 0 Å². The zero-order valence-corrected chi connectivity index (χ0v) is 10.1. The number of aromatic nitrogens is 4. The molecule has 0 radical (unpaired) electrons. The Morgan fingerprint density at radius 3 is 1.68 bits per heavy atom. The van der Waals surface area contributed by atoms with Gasteiger partial charge in [-0.3, -0.25) is 4.79 Å². The van der Waals surface area contributed by atoms with Gasteiger partial charge in [0.2, 0.25) is 0 Å². The number of carbonyl (C=O) groups is 1. The summed E-state index contributed by atoms with van der Waals surface area (Å²) in [6.45, 7) is 0. The highest BCUT2D eigenvalue weighted by molar-refractivity contribution is 6.08. The largest absolute Gasteiger partial charge is 0.289 e. The quantitative estimate of drug-likeness (QED) is 0.709. The van der Waals surface area contributed by atoms with Gasteiger partial charge in [-0.15, -0.1) is 5.10 Å². The summed E-state index contributed by atoms with van der Waals surface area (Å²) in [4.78, 5) is 11.8. The lowest BCUT2D eigenvalue weighted by atomic mass is 10.0. The van der Waals surface area contributed by atoms with E-state index in [1.807, 2.05) is 60.7 Å². The van der Waals surface area contributed by atoms with Crippen molar-refractivity contribution in [3.05, 3.63) is 78.1 Å². The molecule has 94 valence electrons. The molecule has 5 nitrogen and oxygen atoms in total. The number of rotatable bonds is 2. The molecular weight excluding hydrogens is 240 g/mol. The number of ketones is 1. The highest BCUT2D eigenvalue weighted by atomic mass is 16.1. The fourth-order valence-corrected chi connectivity index (χ4v) is 1.47. The molecular formula is C14H12N4O. The predicted molar refractivity (Wildman–Crippen MR) is 70.5 cm³/mol. The van der Waals surface area contributed by atoms with Crippen LogP contribution in [0.25, 0.3) is 0 Å². The van der Waals surface area contributed by atoms with E-state index in [9.17, 15) is 4.79 Å². The molecule has 0 saturated heterocycles. The first kappa shape index (κ1) is 12.6. The molecule has 19 heavy (non-hydrogen) atoms. The van der Waals surface area contributed by atoms with Crippen LogP contribution in [0.15, 0.2) is 67.0 Å². The van der Waals surface area contributed by atoms with Gasteiger partial charge >= 0.3 is 0 Å². The van der Waals surface area contributed by atoms with Crippen LogP contribution in [0.1, 0.15) is 15.9 Å². The Kier molecular flexibility index (Phi) is 4.52. The first-order valence-electron chi connectivity index (χ1n) is 5.70. The van der Waals surface area contributed by atoms with Gasteiger partial charge < -0.3 is 0 Å². The van der Waals surface area contributed by atoms with E-state index < -0.39 is 0 Å². The summed E-state index contributed by atoms with van der Waals surface area (Å²) < 4.78 is 0. The number of carbonyl (C=O) groups excluding carboxylic acids is 1. The lowest BCUT2D eigenvalue weighted by molar-refractivity contribution is 0.103. The Labute approximate surface area is 110 Å². The van der Waals surface area contributed by atoms with Gasteiger partial charge in [0.05, 0.1) is 0 Å². The molecule has 0 atom stereocenters. The van der Waals surface area contributed by atoms with E-state index in [2.05, 4.69) is 20.6 Å². The third kappa shape index (κ3) is 3.85. The lowest BCUT2D eigenvalue weighted by Crippen LogP contribution is -1.99. The fourth-order valence-electron chi connectivity index (χ4n) is 1.47. The summed E-state index contributed by atoms with van der Waals surface area (Å²) >= 11 is 0. The predicted octanol–water partition coefficient (Wildman–Crippen LogP) is 2.12. The molecule has 0 aliphatic rings. The van der Waals surface area contributed by atoms with Gasteiger partial charge in [0.25, 0.3) is 0 Å². The third-order valence-corrected chi connectivity index (χ3v) is 2.34. The van der Waals surface area contributed by atoms with E-state index in [1.54, 1.807) is 0 Å². The Morgan fingerprint density at radius 2 is 1.37 bits per heavy atom. The van der Waals surface area contributed by atoms with Gasteiger partial charge in [-0.05, 0) is 10.4 Å². The minimum absolute atomic E-state index is 0.0752. The molecule has 5 heteroatoms. The monoisotopic (exact) mass is 252 g/mol. The molecule has 0 saturated carbocycles. The molecule has 0 unspecified atom stereocenters. The maximum absolute atomic E-state index is 11.8. The number of benzene rings is 2. The number of hydrogen-bond donors (Lipinski definition) is 1. The lowest BCUT2D eigenvalue weighted by Gasteiger charge is -1.99. The van der Waals surface area contributed by atoms with Crippen molar-refractivity contribution in [1.82, 2.24) is 20.6 Å². The Balaban J connectivity index is 0.000000224. The van der Waals surface area contributed by atoms with E-state index in [4.69, 9.17) is 0 Å². The van der Waals surface area contributed by atoms with Crippen LogP contribution in [-0.4, -0.2) is 26.4 Å². The number of nitrogens with zero attached hydrogens (tertiary/aromatic N) is 3. The van der Waals surface area contributed by atoms with Gasteiger partial charge in [-0.1, -0.05) is 60.7 Å². The van der Waals surface area contributed by atoms with Crippen molar-refractivity contribution >= 4 is 5.78 Å². The summed E-state index contributed by atoms with van der Waals surface area (Å²) in [7, 11) is 0. The normalized spacial score (nSPS) is 9.26. The van der Waals surface area contributed by atoms with Crippen LogP contribution in [0.4, 0.5) is 0 Å². The van der Waals surface area contributed by atoms with E-state index in [-0.39, 0.29) is 5.78 Å². The maximum atomic E-state index is 11.8. The highest BCUT2D eigenvalue weighted by Gasteiger charge is 2.06. The SMILES string of the molecule is O=C(c1ccccc1)c1ccccc1.c1nnn[nH]1. The van der Waals surface area contributed by atoms with Gasteiger partial charge in [0.1, 0.15) is 6.33 Å². The van der Waals surface area contributed by atoms with Gasteiger partial charge in [0.15, 0.2) is 5.78 Å². The van der Waals surface area contributed by atoms with E-state index in [0.717, 1.165) is 11.1 Å². The standard InChI is InChI=1S/C13H10O.CH2N4/c14-13(11-7-3-1-4-8-11)12-9-5-2-6-10-12;1-2-4-5-3-1/h1-10H;1H,(H,2,3,4,5). The molecule has 0 spiro atoms. The van der Waals surface area contributed by atoms with Crippen LogP contribution in [0.2, 0.25) is 0 Å². The molecule has 3 rings (SSSR count). The molecule has 2 aromatic carbocycles. The second-order valence-electron chi connectivity index (χ2n) is 3.62. The van der Waals surface area contributed by atoms with Crippen LogP contribution < -0.4 is 0 Å². The topological polar surface area (TPSA) is 71.5 Å². The Morgan fingerprint density at radius 1 is 0.842 bits per heavy atom. The molecule has 0 aliphatic carbocycles. The first-order valence-corrected chi connectivity index (χ1v) is 5.70. The van der Waals surface area contributed by atoms with Crippen molar-refractivity contribution in [2.45, 2.75) is 0 Å². The van der Waals surface area contributed by atoms with E-state index in [0.29, 0.717) is 0 Å². The summed E-state index contributed by atoms with van der Waals surface area (Å²) in [6.07, 6.45) is 1.40. The van der Waals surface area contributed by atoms with Gasteiger partial charge in [0, 0.05) is 11.1 Å².